The van der Waals surface area contributed by atoms with Crippen LogP contribution in [0.1, 0.15) is 23.7 Å². The number of nitrogens with two attached hydrogens (primary N) is 1. The van der Waals surface area contributed by atoms with Gasteiger partial charge in [-0.2, -0.15) is 5.10 Å². The highest BCUT2D eigenvalue weighted by atomic mass is 16.5. The smallest absolute Gasteiger partial charge is 0.150 e. The third kappa shape index (κ3) is 5.33. The Morgan fingerprint density at radius 2 is 1.90 bits per heavy atom. The van der Waals surface area contributed by atoms with Crippen molar-refractivity contribution in [1.82, 2.24) is 34.3 Å². The van der Waals surface area contributed by atoms with E-state index in [4.69, 9.17) is 15.5 Å². The predicted molar refractivity (Wildman–Crippen MR) is 162 cm³/mol. The SMILES string of the molecule is CCc1cc(NCCOC)c2ccc(CCc3cncc(-n4cc(-c5ccn(C)n5)c5c(N)ncnc54)c3)cc2n1. The Hall–Kier alpha value is -4.83. The zero-order valence-corrected chi connectivity index (χ0v) is 23.5. The number of rotatable bonds is 10. The largest absolute Gasteiger partial charge is 0.383 e. The van der Waals surface area contributed by atoms with Crippen molar-refractivity contribution in [3.63, 3.8) is 0 Å². The van der Waals surface area contributed by atoms with Gasteiger partial charge < -0.3 is 15.8 Å². The third-order valence-corrected chi connectivity index (χ3v) is 7.27. The molecule has 0 aliphatic heterocycles. The summed E-state index contributed by atoms with van der Waals surface area (Å²) in [5, 5.41) is 9.97. The molecule has 0 aliphatic rings. The van der Waals surface area contributed by atoms with Crippen LogP contribution in [0.4, 0.5) is 11.5 Å². The van der Waals surface area contributed by atoms with Crippen molar-refractivity contribution in [1.29, 1.82) is 0 Å². The Morgan fingerprint density at radius 3 is 2.71 bits per heavy atom. The zero-order valence-electron chi connectivity index (χ0n) is 23.5. The molecule has 1 aromatic carbocycles. The number of aryl methyl sites for hydroxylation is 4. The molecule has 3 N–H and O–H groups in total. The molecule has 0 bridgehead atoms. The third-order valence-electron chi connectivity index (χ3n) is 7.27. The first kappa shape index (κ1) is 26.4. The van der Waals surface area contributed by atoms with E-state index in [1.54, 1.807) is 11.8 Å². The molecule has 5 aromatic heterocycles. The lowest BCUT2D eigenvalue weighted by Crippen LogP contribution is -2.08. The summed E-state index contributed by atoms with van der Waals surface area (Å²) in [6.45, 7) is 3.53. The van der Waals surface area contributed by atoms with E-state index in [0.717, 1.165) is 81.6 Å². The van der Waals surface area contributed by atoms with Gasteiger partial charge in [0.25, 0.3) is 0 Å². The molecular formula is C31H33N9O. The van der Waals surface area contributed by atoms with E-state index in [-0.39, 0.29) is 0 Å². The molecule has 10 nitrogen and oxygen atoms in total. The van der Waals surface area contributed by atoms with Gasteiger partial charge in [0.1, 0.15) is 12.1 Å². The van der Waals surface area contributed by atoms with E-state index in [1.807, 2.05) is 42.5 Å². The van der Waals surface area contributed by atoms with Gasteiger partial charge in [-0.3, -0.25) is 19.2 Å². The number of fused-ring (bicyclic) bond motifs is 2. The van der Waals surface area contributed by atoms with Crippen LogP contribution in [0, 0.1) is 0 Å². The molecule has 0 saturated heterocycles. The van der Waals surface area contributed by atoms with Crippen molar-refractivity contribution >= 4 is 33.4 Å². The normalized spacial score (nSPS) is 11.5. The molecule has 10 heteroatoms. The van der Waals surface area contributed by atoms with E-state index in [2.05, 4.69) is 62.6 Å². The minimum atomic E-state index is 0.423. The first-order valence-corrected chi connectivity index (χ1v) is 13.7. The van der Waals surface area contributed by atoms with Gasteiger partial charge in [0.05, 0.1) is 35.1 Å². The van der Waals surface area contributed by atoms with Crippen molar-refractivity contribution in [2.45, 2.75) is 26.2 Å². The Balaban J connectivity index is 1.28. The van der Waals surface area contributed by atoms with Gasteiger partial charge in [0.2, 0.25) is 0 Å². The quantitative estimate of drug-likeness (QED) is 0.236. The van der Waals surface area contributed by atoms with E-state index >= 15 is 0 Å². The molecule has 0 aliphatic carbocycles. The van der Waals surface area contributed by atoms with Crippen LogP contribution < -0.4 is 11.1 Å². The van der Waals surface area contributed by atoms with Gasteiger partial charge in [-0.25, -0.2) is 9.97 Å². The van der Waals surface area contributed by atoms with Gasteiger partial charge in [-0.05, 0) is 54.7 Å². The molecule has 208 valence electrons. The van der Waals surface area contributed by atoms with Crippen LogP contribution in [0.15, 0.2) is 67.5 Å². The Morgan fingerprint density at radius 1 is 1.02 bits per heavy atom. The predicted octanol–water partition coefficient (Wildman–Crippen LogP) is 4.75. The van der Waals surface area contributed by atoms with E-state index in [0.29, 0.717) is 12.4 Å². The lowest BCUT2D eigenvalue weighted by Gasteiger charge is -2.12. The van der Waals surface area contributed by atoms with Crippen LogP contribution >= 0.6 is 0 Å². The van der Waals surface area contributed by atoms with Crippen LogP contribution in [0.25, 0.3) is 38.9 Å². The topological polar surface area (TPSA) is 122 Å². The van der Waals surface area contributed by atoms with Crippen LogP contribution in [-0.4, -0.2) is 54.5 Å². The number of methoxy groups -OCH3 is 1. The lowest BCUT2D eigenvalue weighted by atomic mass is 10.0. The van der Waals surface area contributed by atoms with Crippen LogP contribution in [-0.2, 0) is 31.0 Å². The lowest BCUT2D eigenvalue weighted by molar-refractivity contribution is 0.211. The maximum atomic E-state index is 6.30. The summed E-state index contributed by atoms with van der Waals surface area (Å²) in [5.74, 6) is 0.423. The number of hydrogen-bond acceptors (Lipinski definition) is 8. The number of nitrogen functional groups attached to an aromatic ring is 1. The summed E-state index contributed by atoms with van der Waals surface area (Å²) >= 11 is 0. The molecule has 6 aromatic rings. The fourth-order valence-corrected chi connectivity index (χ4v) is 5.17. The molecule has 0 spiro atoms. The van der Waals surface area contributed by atoms with E-state index < -0.39 is 0 Å². The van der Waals surface area contributed by atoms with Gasteiger partial charge in [-0.1, -0.05) is 19.1 Å². The maximum Gasteiger partial charge on any atom is 0.150 e. The van der Waals surface area contributed by atoms with Crippen LogP contribution in [0.3, 0.4) is 0 Å². The number of nitrogens with one attached hydrogen (secondary N) is 1. The highest BCUT2D eigenvalue weighted by Crippen LogP contribution is 2.33. The van der Waals surface area contributed by atoms with Gasteiger partial charge in [-0.15, -0.1) is 0 Å². The molecule has 0 fully saturated rings. The minimum Gasteiger partial charge on any atom is -0.383 e. The summed E-state index contributed by atoms with van der Waals surface area (Å²) < 4.78 is 8.99. The molecule has 6 rings (SSSR count). The molecular weight excluding hydrogens is 514 g/mol. The number of ether oxygens (including phenoxy) is 1. The van der Waals surface area contributed by atoms with Gasteiger partial charge in [0.15, 0.2) is 5.65 Å². The van der Waals surface area contributed by atoms with Crippen molar-refractivity contribution in [2.24, 2.45) is 7.05 Å². The number of anilines is 2. The highest BCUT2D eigenvalue weighted by molar-refractivity contribution is 6.00. The monoisotopic (exact) mass is 547 g/mol. The van der Waals surface area contributed by atoms with Crippen molar-refractivity contribution in [3.05, 3.63) is 84.3 Å². The second-order valence-corrected chi connectivity index (χ2v) is 10.1. The van der Waals surface area contributed by atoms with Crippen molar-refractivity contribution in [3.8, 4) is 16.9 Å². The second-order valence-electron chi connectivity index (χ2n) is 10.1. The number of nitrogens with zero attached hydrogens (tertiary/aromatic N) is 7. The van der Waals surface area contributed by atoms with Gasteiger partial charge in [0, 0.05) is 61.6 Å². The summed E-state index contributed by atoms with van der Waals surface area (Å²) in [6, 6.07) is 12.8. The first-order valence-electron chi connectivity index (χ1n) is 13.7. The zero-order chi connectivity index (χ0) is 28.3. The number of hydrogen-bond donors (Lipinski definition) is 2. The Labute approximate surface area is 238 Å². The molecule has 0 unspecified atom stereocenters. The standard InChI is InChI=1S/C31H33N9O/c1-4-22-15-27(34-10-12-41-3)24-8-7-20(14-28(24)37-22)5-6-21-13-23(17-33-16-21)40-18-25(26-9-11-39(2)38-26)29-30(32)35-19-36-31(29)40/h7-9,11,13-19H,4-6,10,12H2,1-3H3,(H,34,37)(H2,32,35,36). The molecule has 0 saturated carbocycles. The fraction of sp³-hybridized carbons (Fsp3) is 0.258. The Bertz CT molecular complexity index is 1840. The minimum absolute atomic E-state index is 0.423. The molecule has 5 heterocycles. The summed E-state index contributed by atoms with van der Waals surface area (Å²) in [4.78, 5) is 18.3. The molecule has 0 amide bonds. The van der Waals surface area contributed by atoms with Crippen molar-refractivity contribution < 1.29 is 4.74 Å². The second kappa shape index (κ2) is 11.3. The summed E-state index contributed by atoms with van der Waals surface area (Å²) in [5.41, 5.74) is 15.2. The van der Waals surface area contributed by atoms with Crippen LogP contribution in [0.5, 0.6) is 0 Å². The van der Waals surface area contributed by atoms with Gasteiger partial charge >= 0.3 is 0 Å². The average molecular weight is 548 g/mol. The highest BCUT2D eigenvalue weighted by Gasteiger charge is 2.18. The fourth-order valence-electron chi connectivity index (χ4n) is 5.17. The summed E-state index contributed by atoms with van der Waals surface area (Å²) in [7, 11) is 3.61. The first-order chi connectivity index (χ1) is 20.0. The number of aromatic nitrogens is 7. The van der Waals surface area contributed by atoms with E-state index in [1.165, 1.54) is 11.9 Å². The maximum absolute atomic E-state index is 6.30. The van der Waals surface area contributed by atoms with E-state index in [9.17, 15) is 0 Å². The number of benzene rings is 1. The summed E-state index contributed by atoms with van der Waals surface area (Å²) in [6.07, 6.45) is 11.8. The van der Waals surface area contributed by atoms with Crippen LogP contribution in [0.2, 0.25) is 0 Å². The molecule has 41 heavy (non-hydrogen) atoms. The Kier molecular flexibility index (Phi) is 7.30. The molecule has 0 radical (unpaired) electrons. The molecule has 0 atom stereocenters. The van der Waals surface area contributed by atoms with Crippen molar-refractivity contribution in [2.75, 3.05) is 31.3 Å². The average Bonchev–Trinajstić information content (AvgIpc) is 3.60. The number of pyridine rings is 2.